The van der Waals surface area contributed by atoms with Crippen LogP contribution in [0.2, 0.25) is 0 Å². The van der Waals surface area contributed by atoms with Crippen LogP contribution in [0.3, 0.4) is 0 Å². The maximum Gasteiger partial charge on any atom is 0.354 e. The zero-order chi connectivity index (χ0) is 22.5. The second-order valence-electron chi connectivity index (χ2n) is 6.12. The number of nitrogens with zero attached hydrogens (tertiary/aromatic N) is 2. The van der Waals surface area contributed by atoms with Gasteiger partial charge in [0.1, 0.15) is 11.5 Å². The Morgan fingerprint density at radius 1 is 1.16 bits per heavy atom. The number of nitro groups is 1. The number of esters is 2. The molecule has 0 aliphatic carbocycles. The van der Waals surface area contributed by atoms with E-state index in [9.17, 15) is 24.5 Å². The molecule has 1 heterocycles. The zero-order valence-electron chi connectivity index (χ0n) is 16.4. The summed E-state index contributed by atoms with van der Waals surface area (Å²) >= 11 is 0. The Hall–Kier alpha value is -4.54. The van der Waals surface area contributed by atoms with Gasteiger partial charge in [-0.25, -0.2) is 14.6 Å². The van der Waals surface area contributed by atoms with Crippen molar-refractivity contribution in [2.24, 2.45) is 0 Å². The van der Waals surface area contributed by atoms with Crippen LogP contribution < -0.4 is 10.9 Å². The van der Waals surface area contributed by atoms with E-state index in [1.165, 1.54) is 12.1 Å². The van der Waals surface area contributed by atoms with Gasteiger partial charge in [0, 0.05) is 17.7 Å². The van der Waals surface area contributed by atoms with Gasteiger partial charge in [0.05, 0.1) is 41.8 Å². The number of anilines is 1. The minimum absolute atomic E-state index is 0.0354. The van der Waals surface area contributed by atoms with Gasteiger partial charge in [0.25, 0.3) is 11.2 Å². The van der Waals surface area contributed by atoms with E-state index in [0.717, 1.165) is 26.4 Å². The second-order valence-corrected chi connectivity index (χ2v) is 6.12. The molecule has 0 amide bonds. The van der Waals surface area contributed by atoms with Crippen LogP contribution in [0.25, 0.3) is 22.3 Å². The number of rotatable bonds is 6. The monoisotopic (exact) mass is 424 g/mol. The molecule has 0 saturated heterocycles. The lowest BCUT2D eigenvalue weighted by molar-refractivity contribution is -0.384. The zero-order valence-corrected chi connectivity index (χ0v) is 16.4. The molecule has 0 fully saturated rings. The summed E-state index contributed by atoms with van der Waals surface area (Å²) in [6, 6.07) is 10.4. The molecule has 11 heteroatoms. The van der Waals surface area contributed by atoms with Crippen LogP contribution >= 0.6 is 0 Å². The van der Waals surface area contributed by atoms with Gasteiger partial charge < -0.3 is 19.8 Å². The number of hydrogen-bond acceptors (Lipinski definition) is 9. The molecule has 0 spiro atoms. The molecule has 0 aliphatic rings. The third kappa shape index (κ3) is 4.56. The number of ether oxygens (including phenoxy) is 2. The summed E-state index contributed by atoms with van der Waals surface area (Å²) in [6.45, 7) is 0. The van der Waals surface area contributed by atoms with Crippen LogP contribution in [0.5, 0.6) is 0 Å². The molecule has 0 aliphatic heterocycles. The number of H-pyrrole nitrogens is 1. The van der Waals surface area contributed by atoms with Crippen LogP contribution in [0.4, 0.5) is 11.4 Å². The van der Waals surface area contributed by atoms with Crippen molar-refractivity contribution in [2.45, 2.75) is 0 Å². The normalized spacial score (nSPS) is 11.1. The smallest absolute Gasteiger partial charge is 0.354 e. The van der Waals surface area contributed by atoms with Crippen molar-refractivity contribution in [3.63, 3.8) is 0 Å². The number of methoxy groups -OCH3 is 2. The van der Waals surface area contributed by atoms with Gasteiger partial charge in [-0.1, -0.05) is 12.1 Å². The molecule has 0 bridgehead atoms. The van der Waals surface area contributed by atoms with Crippen LogP contribution in [-0.4, -0.2) is 41.0 Å². The molecule has 0 atom stereocenters. The minimum atomic E-state index is -0.914. The number of benzene rings is 2. The van der Waals surface area contributed by atoms with E-state index >= 15 is 0 Å². The Labute approximate surface area is 174 Å². The number of hydrogen-bond donors (Lipinski definition) is 2. The standard InChI is InChI=1S/C20H16N4O7/c1-30-17(25)10-16(20(27)31-2)21-15-9-11(24(28)29)7-8-12(15)18-22-14-6-4-3-5-13(14)19(26)23-18/h3-10,21H,1-2H3,(H,22,23,26)/b16-10+. The number of nitro benzene ring substituents is 1. The fourth-order valence-electron chi connectivity index (χ4n) is 2.75. The first-order valence-corrected chi connectivity index (χ1v) is 8.77. The highest BCUT2D eigenvalue weighted by atomic mass is 16.6. The Morgan fingerprint density at radius 3 is 2.58 bits per heavy atom. The summed E-state index contributed by atoms with van der Waals surface area (Å²) < 4.78 is 9.17. The number of para-hydroxylation sites is 1. The van der Waals surface area contributed by atoms with E-state index < -0.39 is 22.4 Å². The molecule has 0 unspecified atom stereocenters. The summed E-state index contributed by atoms with van der Waals surface area (Å²) in [7, 11) is 2.22. The molecule has 0 radical (unpaired) electrons. The molecular weight excluding hydrogens is 408 g/mol. The summed E-state index contributed by atoms with van der Waals surface area (Å²) in [4.78, 5) is 53.8. The van der Waals surface area contributed by atoms with Gasteiger partial charge in [-0.15, -0.1) is 0 Å². The van der Waals surface area contributed by atoms with Crippen LogP contribution in [-0.2, 0) is 19.1 Å². The molecule has 31 heavy (non-hydrogen) atoms. The first-order chi connectivity index (χ1) is 14.8. The van der Waals surface area contributed by atoms with Crippen molar-refractivity contribution in [1.82, 2.24) is 9.97 Å². The molecule has 3 rings (SSSR count). The van der Waals surface area contributed by atoms with E-state index in [4.69, 9.17) is 0 Å². The van der Waals surface area contributed by atoms with E-state index in [0.29, 0.717) is 10.9 Å². The highest BCUT2D eigenvalue weighted by Gasteiger charge is 2.19. The second kappa shape index (κ2) is 8.86. The Morgan fingerprint density at radius 2 is 1.90 bits per heavy atom. The number of aromatic nitrogens is 2. The molecule has 1 aromatic heterocycles. The van der Waals surface area contributed by atoms with Gasteiger partial charge in [-0.3, -0.25) is 14.9 Å². The number of non-ortho nitro benzene ring substituents is 1. The molecule has 2 aromatic carbocycles. The summed E-state index contributed by atoms with van der Waals surface area (Å²) in [5, 5.41) is 14.3. The summed E-state index contributed by atoms with van der Waals surface area (Å²) in [6.07, 6.45) is 0.838. The largest absolute Gasteiger partial charge is 0.466 e. The predicted molar refractivity (Wildman–Crippen MR) is 110 cm³/mol. The van der Waals surface area contributed by atoms with E-state index in [1.54, 1.807) is 24.3 Å². The maximum atomic E-state index is 12.4. The number of nitrogens with one attached hydrogen (secondary N) is 2. The van der Waals surface area contributed by atoms with Crippen LogP contribution in [0.15, 0.2) is 59.0 Å². The van der Waals surface area contributed by atoms with Crippen molar-refractivity contribution >= 4 is 34.2 Å². The Bertz CT molecular complexity index is 1280. The SMILES string of the molecule is COC(=O)/C=C(/Nc1cc([N+](=O)[O-])ccc1-c1nc2ccccc2c(=O)[nH]1)C(=O)OC. The lowest BCUT2D eigenvalue weighted by Gasteiger charge is -2.13. The van der Waals surface area contributed by atoms with Gasteiger partial charge in [-0.2, -0.15) is 0 Å². The number of carbonyl (C=O) groups excluding carboxylic acids is 2. The van der Waals surface area contributed by atoms with Crippen molar-refractivity contribution in [3.8, 4) is 11.4 Å². The minimum Gasteiger partial charge on any atom is -0.466 e. The predicted octanol–water partition coefficient (Wildman–Crippen LogP) is 2.14. The van der Waals surface area contributed by atoms with Crippen molar-refractivity contribution in [1.29, 1.82) is 0 Å². The molecule has 3 aromatic rings. The van der Waals surface area contributed by atoms with Crippen LogP contribution in [0.1, 0.15) is 0 Å². The fraction of sp³-hybridized carbons (Fsp3) is 0.100. The molecule has 158 valence electrons. The molecular formula is C20H16N4O7. The lowest BCUT2D eigenvalue weighted by atomic mass is 10.1. The van der Waals surface area contributed by atoms with Gasteiger partial charge in [0.2, 0.25) is 0 Å². The average molecular weight is 424 g/mol. The molecule has 11 nitrogen and oxygen atoms in total. The van der Waals surface area contributed by atoms with E-state index in [-0.39, 0.29) is 28.5 Å². The van der Waals surface area contributed by atoms with Crippen molar-refractivity contribution in [2.75, 3.05) is 19.5 Å². The third-order valence-electron chi connectivity index (χ3n) is 4.22. The summed E-state index contributed by atoms with van der Waals surface area (Å²) in [5.74, 6) is -1.66. The van der Waals surface area contributed by atoms with E-state index in [2.05, 4.69) is 24.8 Å². The Kier molecular flexibility index (Phi) is 6.05. The van der Waals surface area contributed by atoms with Crippen molar-refractivity contribution < 1.29 is 24.0 Å². The maximum absolute atomic E-state index is 12.4. The lowest BCUT2D eigenvalue weighted by Crippen LogP contribution is -2.16. The van der Waals surface area contributed by atoms with Gasteiger partial charge >= 0.3 is 11.9 Å². The average Bonchev–Trinajstić information content (AvgIpc) is 2.77. The highest BCUT2D eigenvalue weighted by molar-refractivity contribution is 5.99. The van der Waals surface area contributed by atoms with Gasteiger partial charge in [-0.05, 0) is 18.2 Å². The number of carbonyl (C=O) groups is 2. The quantitative estimate of drug-likeness (QED) is 0.262. The highest BCUT2D eigenvalue weighted by Crippen LogP contribution is 2.31. The first-order valence-electron chi connectivity index (χ1n) is 8.77. The van der Waals surface area contributed by atoms with Crippen molar-refractivity contribution in [3.05, 3.63) is 74.7 Å². The Balaban J connectivity index is 2.19. The van der Waals surface area contributed by atoms with Gasteiger partial charge in [0.15, 0.2) is 0 Å². The summed E-state index contributed by atoms with van der Waals surface area (Å²) in [5.41, 5.74) is -0.357. The third-order valence-corrected chi connectivity index (χ3v) is 4.22. The van der Waals surface area contributed by atoms with E-state index in [1.807, 2.05) is 0 Å². The molecule has 2 N–H and O–H groups in total. The fourth-order valence-corrected chi connectivity index (χ4v) is 2.75. The number of fused-ring (bicyclic) bond motifs is 1. The first kappa shape index (κ1) is 21.2. The number of aromatic amines is 1. The topological polar surface area (TPSA) is 154 Å². The van der Waals surface area contributed by atoms with Crippen LogP contribution in [0, 0.1) is 10.1 Å². The molecule has 0 saturated carbocycles.